The van der Waals surface area contributed by atoms with E-state index < -0.39 is 0 Å². The molecule has 1 aromatic carbocycles. The second kappa shape index (κ2) is 6.00. The van der Waals surface area contributed by atoms with Crippen LogP contribution in [0.4, 0.5) is 4.39 Å². The minimum atomic E-state index is -0.121. The molecule has 13 heavy (non-hydrogen) atoms. The van der Waals surface area contributed by atoms with Crippen LogP contribution in [-0.2, 0) is 0 Å². The van der Waals surface area contributed by atoms with Crippen molar-refractivity contribution in [1.29, 1.82) is 0 Å². The summed E-state index contributed by atoms with van der Waals surface area (Å²) in [5, 5.41) is 3.19. The number of rotatable bonds is 5. The maximum Gasteiger partial charge on any atom is 0.136 e. The standard InChI is InChI=1S/C10H14FNS/c1-2-12-7-8-13-10-6-4-3-5-9(10)11/h3-6,12H,2,7-8H2,1H3. The largest absolute Gasteiger partial charge is 0.316 e. The van der Waals surface area contributed by atoms with Crippen LogP contribution in [0.5, 0.6) is 0 Å². The molecule has 1 aromatic rings. The molecule has 0 aromatic heterocycles. The SMILES string of the molecule is CCNCCSc1ccccc1F. The van der Waals surface area contributed by atoms with Gasteiger partial charge in [-0.3, -0.25) is 0 Å². The van der Waals surface area contributed by atoms with E-state index >= 15 is 0 Å². The highest BCUT2D eigenvalue weighted by Crippen LogP contribution is 2.20. The Balaban J connectivity index is 2.32. The second-order valence-electron chi connectivity index (χ2n) is 2.63. The summed E-state index contributed by atoms with van der Waals surface area (Å²) in [5.74, 6) is 0.790. The van der Waals surface area contributed by atoms with Crippen LogP contribution in [0.25, 0.3) is 0 Å². The summed E-state index contributed by atoms with van der Waals surface area (Å²) in [4.78, 5) is 0.736. The lowest BCUT2D eigenvalue weighted by Gasteiger charge is -2.02. The molecule has 0 aliphatic rings. The van der Waals surface area contributed by atoms with E-state index in [-0.39, 0.29) is 5.82 Å². The van der Waals surface area contributed by atoms with Crippen molar-refractivity contribution in [1.82, 2.24) is 5.32 Å². The minimum absolute atomic E-state index is 0.121. The molecule has 0 atom stereocenters. The lowest BCUT2D eigenvalue weighted by molar-refractivity contribution is 0.602. The van der Waals surface area contributed by atoms with Crippen molar-refractivity contribution in [3.63, 3.8) is 0 Å². The van der Waals surface area contributed by atoms with E-state index in [4.69, 9.17) is 0 Å². The maximum atomic E-state index is 13.1. The Kier molecular flexibility index (Phi) is 4.86. The number of thioether (sulfide) groups is 1. The van der Waals surface area contributed by atoms with Crippen LogP contribution < -0.4 is 5.32 Å². The van der Waals surface area contributed by atoms with E-state index in [2.05, 4.69) is 12.2 Å². The normalized spacial score (nSPS) is 10.3. The number of hydrogen-bond acceptors (Lipinski definition) is 2. The van der Waals surface area contributed by atoms with Gasteiger partial charge >= 0.3 is 0 Å². The molecule has 0 unspecified atom stereocenters. The molecular weight excluding hydrogens is 185 g/mol. The van der Waals surface area contributed by atoms with Gasteiger partial charge in [0.05, 0.1) is 0 Å². The van der Waals surface area contributed by atoms with E-state index in [1.807, 2.05) is 12.1 Å². The Hall–Kier alpha value is -0.540. The van der Waals surface area contributed by atoms with Gasteiger partial charge in [-0.05, 0) is 18.7 Å². The van der Waals surface area contributed by atoms with Crippen molar-refractivity contribution in [3.8, 4) is 0 Å². The summed E-state index contributed by atoms with van der Waals surface area (Å²) in [6, 6.07) is 6.88. The molecule has 0 amide bonds. The predicted molar refractivity (Wildman–Crippen MR) is 55.7 cm³/mol. The van der Waals surface area contributed by atoms with Crippen LogP contribution in [0, 0.1) is 5.82 Å². The highest BCUT2D eigenvalue weighted by atomic mass is 32.2. The molecule has 0 radical (unpaired) electrons. The zero-order valence-electron chi connectivity index (χ0n) is 7.72. The van der Waals surface area contributed by atoms with Gasteiger partial charge in [-0.2, -0.15) is 0 Å². The number of nitrogens with one attached hydrogen (secondary N) is 1. The van der Waals surface area contributed by atoms with Crippen LogP contribution in [0.2, 0.25) is 0 Å². The third kappa shape index (κ3) is 3.79. The maximum absolute atomic E-state index is 13.1. The minimum Gasteiger partial charge on any atom is -0.316 e. The lowest BCUT2D eigenvalue weighted by atomic mass is 10.3. The van der Waals surface area contributed by atoms with Crippen molar-refractivity contribution in [2.75, 3.05) is 18.8 Å². The summed E-state index contributed by atoms with van der Waals surface area (Å²) < 4.78 is 13.1. The fourth-order valence-corrected chi connectivity index (χ4v) is 1.82. The quantitative estimate of drug-likeness (QED) is 0.577. The molecule has 0 fully saturated rings. The van der Waals surface area contributed by atoms with E-state index in [1.165, 1.54) is 6.07 Å². The molecule has 0 bridgehead atoms. The average Bonchev–Trinajstić information content (AvgIpc) is 2.15. The van der Waals surface area contributed by atoms with Crippen molar-refractivity contribution < 1.29 is 4.39 Å². The highest BCUT2D eigenvalue weighted by molar-refractivity contribution is 7.99. The summed E-state index contributed by atoms with van der Waals surface area (Å²) in [7, 11) is 0. The zero-order chi connectivity index (χ0) is 9.52. The zero-order valence-corrected chi connectivity index (χ0v) is 8.53. The first-order chi connectivity index (χ1) is 6.34. The molecule has 0 heterocycles. The second-order valence-corrected chi connectivity index (χ2v) is 3.77. The molecule has 1 N–H and O–H groups in total. The van der Waals surface area contributed by atoms with Gasteiger partial charge < -0.3 is 5.32 Å². The first-order valence-electron chi connectivity index (χ1n) is 4.42. The van der Waals surface area contributed by atoms with Crippen LogP contribution in [0.3, 0.4) is 0 Å². The summed E-state index contributed by atoms with van der Waals surface area (Å²) in [6.45, 7) is 3.96. The number of halogens is 1. The van der Waals surface area contributed by atoms with Gasteiger partial charge in [0.15, 0.2) is 0 Å². The fourth-order valence-electron chi connectivity index (χ4n) is 0.972. The number of hydrogen-bond donors (Lipinski definition) is 1. The lowest BCUT2D eigenvalue weighted by Crippen LogP contribution is -2.15. The third-order valence-electron chi connectivity index (χ3n) is 1.62. The Labute approximate surface area is 82.7 Å². The molecule has 0 aliphatic heterocycles. The van der Waals surface area contributed by atoms with Crippen LogP contribution in [-0.4, -0.2) is 18.8 Å². The number of benzene rings is 1. The Morgan fingerprint density at radius 2 is 2.15 bits per heavy atom. The summed E-state index contributed by atoms with van der Waals surface area (Å²) in [6.07, 6.45) is 0. The fraction of sp³-hybridized carbons (Fsp3) is 0.400. The van der Waals surface area contributed by atoms with Gasteiger partial charge in [-0.1, -0.05) is 19.1 Å². The van der Waals surface area contributed by atoms with Gasteiger partial charge in [0, 0.05) is 17.2 Å². The van der Waals surface area contributed by atoms with Crippen LogP contribution >= 0.6 is 11.8 Å². The van der Waals surface area contributed by atoms with Crippen LogP contribution in [0.1, 0.15) is 6.92 Å². The molecule has 0 saturated heterocycles. The predicted octanol–water partition coefficient (Wildman–Crippen LogP) is 2.53. The molecule has 1 nitrogen and oxygen atoms in total. The first-order valence-corrected chi connectivity index (χ1v) is 5.41. The van der Waals surface area contributed by atoms with Crippen molar-refractivity contribution in [2.45, 2.75) is 11.8 Å². The van der Waals surface area contributed by atoms with Gasteiger partial charge in [0.2, 0.25) is 0 Å². The van der Waals surface area contributed by atoms with E-state index in [0.29, 0.717) is 0 Å². The van der Waals surface area contributed by atoms with Gasteiger partial charge in [-0.25, -0.2) is 4.39 Å². The highest BCUT2D eigenvalue weighted by Gasteiger charge is 1.99. The molecule has 0 aliphatic carbocycles. The first kappa shape index (κ1) is 10.5. The molecule has 0 saturated carbocycles. The van der Waals surface area contributed by atoms with Crippen molar-refractivity contribution in [3.05, 3.63) is 30.1 Å². The average molecular weight is 199 g/mol. The summed E-state index contributed by atoms with van der Waals surface area (Å²) in [5.41, 5.74) is 0. The molecule has 0 spiro atoms. The van der Waals surface area contributed by atoms with Gasteiger partial charge in [0.25, 0.3) is 0 Å². The third-order valence-corrected chi connectivity index (χ3v) is 2.67. The smallest absolute Gasteiger partial charge is 0.136 e. The van der Waals surface area contributed by atoms with Gasteiger partial charge in [-0.15, -0.1) is 11.8 Å². The summed E-state index contributed by atoms with van der Waals surface area (Å²) >= 11 is 1.55. The Bertz CT molecular complexity index is 252. The van der Waals surface area contributed by atoms with Crippen molar-refractivity contribution >= 4 is 11.8 Å². The Morgan fingerprint density at radius 3 is 2.85 bits per heavy atom. The molecular formula is C10H14FNS. The van der Waals surface area contributed by atoms with Gasteiger partial charge in [0.1, 0.15) is 5.82 Å². The van der Waals surface area contributed by atoms with E-state index in [9.17, 15) is 4.39 Å². The molecule has 3 heteroatoms. The monoisotopic (exact) mass is 199 g/mol. The topological polar surface area (TPSA) is 12.0 Å². The van der Waals surface area contributed by atoms with E-state index in [1.54, 1.807) is 17.8 Å². The van der Waals surface area contributed by atoms with Crippen molar-refractivity contribution in [2.24, 2.45) is 0 Å². The van der Waals surface area contributed by atoms with Crippen LogP contribution in [0.15, 0.2) is 29.2 Å². The molecule has 72 valence electrons. The van der Waals surface area contributed by atoms with E-state index in [0.717, 1.165) is 23.7 Å². The molecule has 1 rings (SSSR count). The Morgan fingerprint density at radius 1 is 1.38 bits per heavy atom.